The summed E-state index contributed by atoms with van der Waals surface area (Å²) in [4.78, 5) is 66.7. The molecule has 0 bridgehead atoms. The van der Waals surface area contributed by atoms with Crippen molar-refractivity contribution in [3.63, 3.8) is 0 Å². The molecule has 4 heterocycles. The molecule has 19 heteroatoms. The van der Waals surface area contributed by atoms with Crippen LogP contribution in [0.2, 0.25) is 0 Å². The van der Waals surface area contributed by atoms with Crippen LogP contribution in [-0.4, -0.2) is 88.2 Å². The number of nitrogens with zero attached hydrogens (tertiary/aromatic N) is 3. The van der Waals surface area contributed by atoms with Crippen LogP contribution in [0.1, 0.15) is 84.1 Å². The van der Waals surface area contributed by atoms with Gasteiger partial charge in [-0.05, 0) is 83.6 Å². The van der Waals surface area contributed by atoms with E-state index < -0.39 is 86.1 Å². The van der Waals surface area contributed by atoms with Crippen LogP contribution in [0.25, 0.3) is 33.5 Å². The monoisotopic (exact) mass is 880 g/mol. The maximum absolute atomic E-state index is 14.7. The number of hydrogen-bond donors (Lipinski definition) is 3. The fourth-order valence-electron chi connectivity index (χ4n) is 8.04. The van der Waals surface area contributed by atoms with Crippen molar-refractivity contribution in [2.75, 3.05) is 6.54 Å². The highest BCUT2D eigenvalue weighted by molar-refractivity contribution is 7.91. The molecule has 0 radical (unpaired) electrons. The lowest BCUT2D eigenvalue weighted by Crippen LogP contribution is -2.58. The van der Waals surface area contributed by atoms with Crippen LogP contribution < -0.4 is 20.1 Å². The van der Waals surface area contributed by atoms with Crippen molar-refractivity contribution in [1.29, 1.82) is 0 Å². The number of ether oxygens (including phenoxy) is 2. The molecule has 2 aromatic heterocycles. The molecule has 15 nitrogen and oxygen atoms in total. The molecule has 2 aromatic carbocycles. The fraction of sp³-hybridized carbons (Fsp3) is 0.488. The minimum Gasteiger partial charge on any atom is -0.470 e. The molecule has 1 saturated heterocycles. The highest BCUT2D eigenvalue weighted by atomic mass is 32.2. The van der Waals surface area contributed by atoms with Crippen molar-refractivity contribution in [1.82, 2.24) is 30.2 Å². The lowest BCUT2D eigenvalue weighted by atomic mass is 10.0. The minimum atomic E-state index is -4.57. The minimum absolute atomic E-state index is 0.0259. The number of para-hydroxylation sites is 1. The van der Waals surface area contributed by atoms with E-state index in [0.29, 0.717) is 48.6 Å². The molecular formula is C43H47F3N6O9S. The van der Waals surface area contributed by atoms with Crippen LogP contribution >= 0.6 is 0 Å². The van der Waals surface area contributed by atoms with Crippen LogP contribution in [-0.2, 0) is 35.3 Å². The van der Waals surface area contributed by atoms with E-state index in [4.69, 9.17) is 13.9 Å². The van der Waals surface area contributed by atoms with Gasteiger partial charge < -0.3 is 29.4 Å². The third-order valence-electron chi connectivity index (χ3n) is 11.5. The summed E-state index contributed by atoms with van der Waals surface area (Å²) in [6.45, 7) is 4.85. The van der Waals surface area contributed by atoms with Gasteiger partial charge in [-0.1, -0.05) is 49.3 Å². The van der Waals surface area contributed by atoms with Crippen molar-refractivity contribution < 1.29 is 54.7 Å². The number of rotatable bonds is 7. The first-order chi connectivity index (χ1) is 29.3. The van der Waals surface area contributed by atoms with E-state index in [-0.39, 0.29) is 48.7 Å². The molecule has 8 rings (SSSR count). The Morgan fingerprint density at radius 2 is 1.73 bits per heavy atom. The summed E-state index contributed by atoms with van der Waals surface area (Å²) in [5.74, 6) is -2.81. The normalized spacial score (nSPS) is 25.5. The molecule has 5 atom stereocenters. The number of amides is 4. The number of alkyl halides is 3. The number of fused-ring (bicyclic) bond motifs is 5. The maximum Gasteiger partial charge on any atom is 0.416 e. The van der Waals surface area contributed by atoms with Crippen molar-refractivity contribution in [3.8, 4) is 17.3 Å². The highest BCUT2D eigenvalue weighted by Gasteiger charge is 2.62. The van der Waals surface area contributed by atoms with E-state index in [9.17, 15) is 40.8 Å². The van der Waals surface area contributed by atoms with Gasteiger partial charge in [-0.2, -0.15) is 18.2 Å². The Kier molecular flexibility index (Phi) is 11.2. The van der Waals surface area contributed by atoms with Crippen LogP contribution in [0.4, 0.5) is 18.0 Å². The number of nitrogens with one attached hydrogen (secondary N) is 3. The topological polar surface area (TPSA) is 199 Å². The predicted octanol–water partition coefficient (Wildman–Crippen LogP) is 6.31. The largest absolute Gasteiger partial charge is 0.470 e. The Morgan fingerprint density at radius 1 is 0.984 bits per heavy atom. The number of furan rings is 1. The number of aromatic nitrogens is 2. The maximum atomic E-state index is 14.7. The lowest BCUT2D eigenvalue weighted by molar-refractivity contribution is -0.141. The van der Waals surface area contributed by atoms with E-state index in [1.165, 1.54) is 17.0 Å². The number of carbonyl (C=O) groups excluding carboxylic acids is 4. The second-order valence-electron chi connectivity index (χ2n) is 17.4. The Bertz CT molecular complexity index is 2550. The lowest BCUT2D eigenvalue weighted by Gasteiger charge is -2.30. The third-order valence-corrected chi connectivity index (χ3v) is 13.3. The van der Waals surface area contributed by atoms with E-state index in [2.05, 4.69) is 25.3 Å². The van der Waals surface area contributed by atoms with Crippen LogP contribution in [0.5, 0.6) is 5.88 Å². The average Bonchev–Trinajstić information content (AvgIpc) is 4.10. The molecule has 2 aliphatic carbocycles. The molecule has 4 aliphatic rings. The smallest absolute Gasteiger partial charge is 0.416 e. The second-order valence-corrected chi connectivity index (χ2v) is 19.4. The third kappa shape index (κ3) is 9.08. The Balaban J connectivity index is 1.15. The fourth-order valence-corrected chi connectivity index (χ4v) is 9.40. The molecule has 0 spiro atoms. The van der Waals surface area contributed by atoms with Crippen molar-refractivity contribution >= 4 is 55.9 Å². The van der Waals surface area contributed by atoms with Gasteiger partial charge in [0.1, 0.15) is 40.4 Å². The number of halogens is 3. The Morgan fingerprint density at radius 3 is 2.44 bits per heavy atom. The van der Waals surface area contributed by atoms with Crippen LogP contribution in [0.15, 0.2) is 65.1 Å². The molecule has 2 aliphatic heterocycles. The van der Waals surface area contributed by atoms with Crippen molar-refractivity contribution in [2.24, 2.45) is 5.92 Å². The number of allylic oxidation sites excluding steroid dienone is 1. The van der Waals surface area contributed by atoms with Gasteiger partial charge in [-0.3, -0.25) is 19.1 Å². The van der Waals surface area contributed by atoms with Crippen LogP contribution in [0, 0.1) is 5.92 Å². The highest BCUT2D eigenvalue weighted by Crippen LogP contribution is 2.46. The molecule has 3 fully saturated rings. The summed E-state index contributed by atoms with van der Waals surface area (Å²) in [5, 5.41) is 5.40. The standard InChI is InChI=1S/C43H47F3N6O9S/c1-41(2,3)61-40(56)47-30-13-8-6-4-5-7-11-26-22-42(26,39(55)51-62(57,58)28-19-20-28)50-36(53)31-21-27(23-52(31)38(30)54)59-37-34-33(29-12-9-10-14-32(29)60-34)48-35(49-37)24-15-17-25(18-16-24)43(44,45)46/h7,9-12,14-18,26-28,30-31H,4-6,8,13,19-23H2,1-3H3,(H,47,56)(H,50,53)(H,51,55)/b11-7-/t26-,27+,30-,31+,42-/m1/s1. The number of benzene rings is 2. The average molecular weight is 881 g/mol. The Labute approximate surface area is 355 Å². The van der Waals surface area contributed by atoms with Crippen molar-refractivity contribution in [2.45, 2.75) is 119 Å². The first-order valence-electron chi connectivity index (χ1n) is 20.7. The van der Waals surface area contributed by atoms with Gasteiger partial charge in [-0.25, -0.2) is 18.2 Å². The van der Waals surface area contributed by atoms with Gasteiger partial charge in [0.15, 0.2) is 5.82 Å². The van der Waals surface area contributed by atoms with Gasteiger partial charge in [0.05, 0.1) is 17.4 Å². The van der Waals surface area contributed by atoms with E-state index in [0.717, 1.165) is 18.6 Å². The van der Waals surface area contributed by atoms with Crippen LogP contribution in [0.3, 0.4) is 0 Å². The van der Waals surface area contributed by atoms with Crippen molar-refractivity contribution in [3.05, 3.63) is 66.2 Å². The SMILES string of the molecule is CC(C)(C)OC(=O)N[C@@H]1CCCCC/C=C\[C@@H]2C[C@@]2(C(=O)NS(=O)(=O)C2CC2)NC(=O)[C@@H]2C[C@H](Oc3nc(-c4ccc(C(F)(F)F)cc4)nc4c3oc3ccccc34)CN2C1=O. The summed E-state index contributed by atoms with van der Waals surface area (Å²) in [6, 6.07) is 8.88. The molecule has 330 valence electrons. The predicted molar refractivity (Wildman–Crippen MR) is 219 cm³/mol. The first kappa shape index (κ1) is 42.9. The van der Waals surface area contributed by atoms with Gasteiger partial charge >= 0.3 is 12.3 Å². The molecule has 4 amide bonds. The molecule has 3 N–H and O–H groups in total. The van der Waals surface area contributed by atoms with E-state index >= 15 is 0 Å². The summed E-state index contributed by atoms with van der Waals surface area (Å²) >= 11 is 0. The summed E-state index contributed by atoms with van der Waals surface area (Å²) in [6.07, 6.45) is 0.971. The van der Waals surface area contributed by atoms with E-state index in [1.54, 1.807) is 45.0 Å². The summed E-state index contributed by atoms with van der Waals surface area (Å²) in [5.41, 5.74) is -2.24. The molecular weight excluding hydrogens is 834 g/mol. The molecule has 4 aromatic rings. The molecule has 2 saturated carbocycles. The second kappa shape index (κ2) is 16.2. The summed E-state index contributed by atoms with van der Waals surface area (Å²) < 4.78 is 86.6. The molecule has 62 heavy (non-hydrogen) atoms. The number of hydrogen-bond acceptors (Lipinski definition) is 11. The number of sulfonamides is 1. The molecule has 0 unspecified atom stereocenters. The van der Waals surface area contributed by atoms with Gasteiger partial charge in [0, 0.05) is 23.3 Å². The quantitative estimate of drug-likeness (QED) is 0.176. The number of alkyl carbamates (subject to hydrolysis) is 1. The zero-order chi connectivity index (χ0) is 44.2. The number of carbonyl (C=O) groups is 4. The van der Waals surface area contributed by atoms with Gasteiger partial charge in [0.25, 0.3) is 11.8 Å². The zero-order valence-electron chi connectivity index (χ0n) is 34.3. The van der Waals surface area contributed by atoms with E-state index in [1.807, 2.05) is 12.2 Å². The van der Waals surface area contributed by atoms with Gasteiger partial charge in [-0.15, -0.1) is 0 Å². The zero-order valence-corrected chi connectivity index (χ0v) is 35.1. The first-order valence-corrected chi connectivity index (χ1v) is 22.2. The van der Waals surface area contributed by atoms with Gasteiger partial charge in [0.2, 0.25) is 27.4 Å². The Hall–Kier alpha value is -5.72. The summed E-state index contributed by atoms with van der Waals surface area (Å²) in [7, 11) is -3.97.